The molecule has 0 saturated carbocycles. The van der Waals surface area contributed by atoms with E-state index in [-0.39, 0.29) is 11.9 Å². The third kappa shape index (κ3) is 13.3. The fourth-order valence-electron chi connectivity index (χ4n) is 2.75. The molecule has 0 saturated heterocycles. The Morgan fingerprint density at radius 1 is 1.03 bits per heavy atom. The number of aliphatic imine (C=N–C) groups is 1. The number of carbonyl (C=O) groups is 3. The van der Waals surface area contributed by atoms with Crippen molar-refractivity contribution in [2.75, 3.05) is 20.2 Å². The SMILES string of the molecule is CC(NCCCc1ccccc1)C(=O)N[C@@H](C)C(=O)N[C@H](C=O)CCCN=C(N)N.CO. The van der Waals surface area contributed by atoms with Crippen LogP contribution in [0.3, 0.4) is 0 Å². The molecule has 0 heterocycles. The number of rotatable bonds is 14. The predicted molar refractivity (Wildman–Crippen MR) is 126 cm³/mol. The molecule has 32 heavy (non-hydrogen) atoms. The number of amides is 2. The van der Waals surface area contributed by atoms with Gasteiger partial charge in [-0.3, -0.25) is 14.6 Å². The van der Waals surface area contributed by atoms with Crippen LogP contribution in [0.4, 0.5) is 0 Å². The maximum absolute atomic E-state index is 12.3. The molecule has 3 atom stereocenters. The van der Waals surface area contributed by atoms with Crippen LogP contribution in [-0.4, -0.2) is 67.5 Å². The van der Waals surface area contributed by atoms with Gasteiger partial charge in [0, 0.05) is 13.7 Å². The largest absolute Gasteiger partial charge is 0.400 e. The molecule has 10 heteroatoms. The van der Waals surface area contributed by atoms with Gasteiger partial charge in [-0.15, -0.1) is 0 Å². The van der Waals surface area contributed by atoms with Crippen molar-refractivity contribution >= 4 is 24.1 Å². The van der Waals surface area contributed by atoms with Gasteiger partial charge in [-0.25, -0.2) is 0 Å². The smallest absolute Gasteiger partial charge is 0.242 e. The fourth-order valence-corrected chi connectivity index (χ4v) is 2.75. The van der Waals surface area contributed by atoms with Crippen molar-refractivity contribution in [1.82, 2.24) is 16.0 Å². The number of benzene rings is 1. The number of aryl methyl sites for hydroxylation is 1. The first-order chi connectivity index (χ1) is 15.3. The van der Waals surface area contributed by atoms with Crippen molar-refractivity contribution in [3.63, 3.8) is 0 Å². The van der Waals surface area contributed by atoms with E-state index in [1.165, 1.54) is 5.56 Å². The summed E-state index contributed by atoms with van der Waals surface area (Å²) in [5.74, 6) is -0.702. The summed E-state index contributed by atoms with van der Waals surface area (Å²) >= 11 is 0. The molecule has 0 spiro atoms. The number of nitrogens with two attached hydrogens (primary N) is 2. The van der Waals surface area contributed by atoms with Crippen LogP contribution in [0.25, 0.3) is 0 Å². The standard InChI is InChI=1S/C21H34N6O3.CH4O/c1-15(24-12-6-10-17-8-4-3-5-9-17)19(29)26-16(2)20(30)27-18(14-28)11-7-13-25-21(22)23;1-2/h3-5,8-9,14-16,18,24H,6-7,10-13H2,1-2H3,(H,26,29)(H,27,30)(H4,22,23,25);2H,1H3/t15?,16-,18-;/m0./s1. The number of aliphatic hydroxyl groups is 1. The number of aliphatic hydroxyl groups excluding tert-OH is 1. The Hall–Kier alpha value is -2.98. The van der Waals surface area contributed by atoms with Gasteiger partial charge in [-0.05, 0) is 51.6 Å². The maximum atomic E-state index is 12.3. The molecule has 0 bridgehead atoms. The summed E-state index contributed by atoms with van der Waals surface area (Å²) in [6.07, 6.45) is 3.45. The summed E-state index contributed by atoms with van der Waals surface area (Å²) < 4.78 is 0. The number of hydrogen-bond acceptors (Lipinski definition) is 6. The average molecular weight is 451 g/mol. The summed E-state index contributed by atoms with van der Waals surface area (Å²) in [6, 6.07) is 8.29. The van der Waals surface area contributed by atoms with Crippen molar-refractivity contribution in [2.24, 2.45) is 16.5 Å². The molecule has 0 radical (unpaired) electrons. The molecule has 1 unspecified atom stereocenters. The zero-order valence-electron chi connectivity index (χ0n) is 19.2. The summed E-state index contributed by atoms with van der Waals surface area (Å²) in [6.45, 7) is 4.40. The van der Waals surface area contributed by atoms with Crippen LogP contribution in [0.5, 0.6) is 0 Å². The number of hydrogen-bond donors (Lipinski definition) is 6. The van der Waals surface area contributed by atoms with Crippen molar-refractivity contribution in [3.05, 3.63) is 35.9 Å². The Labute approximate surface area is 190 Å². The summed E-state index contributed by atoms with van der Waals surface area (Å²) in [7, 11) is 1.00. The average Bonchev–Trinajstić information content (AvgIpc) is 2.80. The van der Waals surface area contributed by atoms with E-state index in [0.717, 1.165) is 20.0 Å². The van der Waals surface area contributed by atoms with Crippen LogP contribution in [-0.2, 0) is 20.8 Å². The highest BCUT2D eigenvalue weighted by Crippen LogP contribution is 2.02. The minimum atomic E-state index is -0.758. The first-order valence-electron chi connectivity index (χ1n) is 10.7. The molecule has 0 aliphatic heterocycles. The van der Waals surface area contributed by atoms with E-state index in [1.807, 2.05) is 18.2 Å². The molecular weight excluding hydrogens is 412 g/mol. The highest BCUT2D eigenvalue weighted by atomic mass is 16.2. The van der Waals surface area contributed by atoms with Gasteiger partial charge in [0.2, 0.25) is 11.8 Å². The van der Waals surface area contributed by atoms with Gasteiger partial charge < -0.3 is 37.3 Å². The quantitative estimate of drug-likeness (QED) is 0.0954. The summed E-state index contributed by atoms with van der Waals surface area (Å²) in [5, 5.41) is 15.4. The molecule has 2 amide bonds. The predicted octanol–water partition coefficient (Wildman–Crippen LogP) is -0.552. The highest BCUT2D eigenvalue weighted by Gasteiger charge is 2.21. The van der Waals surface area contributed by atoms with Crippen LogP contribution in [0.15, 0.2) is 35.3 Å². The molecule has 0 aromatic heterocycles. The maximum Gasteiger partial charge on any atom is 0.242 e. The molecule has 180 valence electrons. The van der Waals surface area contributed by atoms with Gasteiger partial charge in [0.15, 0.2) is 5.96 Å². The van der Waals surface area contributed by atoms with Gasteiger partial charge in [-0.2, -0.15) is 0 Å². The van der Waals surface area contributed by atoms with E-state index in [4.69, 9.17) is 16.6 Å². The van der Waals surface area contributed by atoms with E-state index in [0.29, 0.717) is 32.2 Å². The Morgan fingerprint density at radius 3 is 2.25 bits per heavy atom. The van der Waals surface area contributed by atoms with Crippen LogP contribution in [0.1, 0.15) is 38.7 Å². The van der Waals surface area contributed by atoms with E-state index >= 15 is 0 Å². The lowest BCUT2D eigenvalue weighted by atomic mass is 10.1. The third-order valence-corrected chi connectivity index (χ3v) is 4.54. The highest BCUT2D eigenvalue weighted by molar-refractivity contribution is 5.90. The van der Waals surface area contributed by atoms with Gasteiger partial charge in [-0.1, -0.05) is 30.3 Å². The van der Waals surface area contributed by atoms with Crippen LogP contribution >= 0.6 is 0 Å². The molecule has 1 rings (SSSR count). The van der Waals surface area contributed by atoms with Gasteiger partial charge >= 0.3 is 0 Å². The first kappa shape index (κ1) is 29.0. The normalized spacial score (nSPS) is 12.9. The fraction of sp³-hybridized carbons (Fsp3) is 0.545. The molecule has 0 fully saturated rings. The lowest BCUT2D eigenvalue weighted by molar-refractivity contribution is -0.130. The molecule has 0 aliphatic carbocycles. The zero-order chi connectivity index (χ0) is 24.4. The first-order valence-corrected chi connectivity index (χ1v) is 10.7. The third-order valence-electron chi connectivity index (χ3n) is 4.54. The monoisotopic (exact) mass is 450 g/mol. The second-order valence-corrected chi connectivity index (χ2v) is 7.20. The van der Waals surface area contributed by atoms with E-state index in [2.05, 4.69) is 33.1 Å². The molecule has 10 nitrogen and oxygen atoms in total. The Morgan fingerprint density at radius 2 is 1.66 bits per heavy atom. The minimum Gasteiger partial charge on any atom is -0.400 e. The van der Waals surface area contributed by atoms with Crippen LogP contribution < -0.4 is 27.4 Å². The van der Waals surface area contributed by atoms with Crippen LogP contribution in [0, 0.1) is 0 Å². The number of aldehydes is 1. The molecular formula is C22H38N6O4. The number of guanidine groups is 1. The topological polar surface area (TPSA) is 172 Å². The number of nitrogens with one attached hydrogen (secondary N) is 3. The van der Waals surface area contributed by atoms with E-state index in [1.54, 1.807) is 13.8 Å². The summed E-state index contributed by atoms with van der Waals surface area (Å²) in [4.78, 5) is 39.6. The number of nitrogens with zero attached hydrogens (tertiary/aromatic N) is 1. The van der Waals surface area contributed by atoms with Gasteiger partial charge in [0.25, 0.3) is 0 Å². The Balaban J connectivity index is 0.00000466. The molecule has 0 aliphatic rings. The van der Waals surface area contributed by atoms with Crippen molar-refractivity contribution in [2.45, 2.75) is 57.7 Å². The Bertz CT molecular complexity index is 695. The molecule has 1 aromatic carbocycles. The van der Waals surface area contributed by atoms with E-state index in [9.17, 15) is 14.4 Å². The van der Waals surface area contributed by atoms with Crippen molar-refractivity contribution in [3.8, 4) is 0 Å². The lowest BCUT2D eigenvalue weighted by Gasteiger charge is -2.20. The van der Waals surface area contributed by atoms with E-state index < -0.39 is 24.0 Å². The van der Waals surface area contributed by atoms with Crippen molar-refractivity contribution in [1.29, 1.82) is 0 Å². The molecule has 1 aromatic rings. The second-order valence-electron chi connectivity index (χ2n) is 7.20. The minimum absolute atomic E-state index is 0.0131. The van der Waals surface area contributed by atoms with Gasteiger partial charge in [0.1, 0.15) is 12.3 Å². The van der Waals surface area contributed by atoms with Crippen molar-refractivity contribution < 1.29 is 19.5 Å². The second kappa shape index (κ2) is 17.7. The molecule has 8 N–H and O–H groups in total. The number of carbonyl (C=O) groups excluding carboxylic acids is 3. The summed E-state index contributed by atoms with van der Waals surface area (Å²) in [5.41, 5.74) is 11.7. The van der Waals surface area contributed by atoms with Gasteiger partial charge in [0.05, 0.1) is 12.1 Å². The van der Waals surface area contributed by atoms with Crippen LogP contribution in [0.2, 0.25) is 0 Å². The Kier molecular flexibility index (Phi) is 16.0. The zero-order valence-corrected chi connectivity index (χ0v) is 19.2. The lowest BCUT2D eigenvalue weighted by Crippen LogP contribution is -2.52.